The molecule has 0 saturated carbocycles. The highest BCUT2D eigenvalue weighted by Crippen LogP contribution is 2.13. The second kappa shape index (κ2) is 7.93. The molecular weight excluding hydrogens is 307 g/mol. The molecule has 1 fully saturated rings. The summed E-state index contributed by atoms with van der Waals surface area (Å²) < 4.78 is 19.0. The number of hydrogen-bond donors (Lipinski definition) is 0. The van der Waals surface area contributed by atoms with Crippen LogP contribution in [-0.4, -0.2) is 42.1 Å². The number of hydrogen-bond acceptors (Lipinski definition) is 3. The van der Waals surface area contributed by atoms with Crippen molar-refractivity contribution in [3.63, 3.8) is 0 Å². The summed E-state index contributed by atoms with van der Waals surface area (Å²) in [5.41, 5.74) is 1.67. The number of carbonyl (C=O) groups excluding carboxylic acids is 1. The SMILES string of the molecule is O=C(OCc1ccccc1)N1CCN(Cc2ccccc2F)CC1. The summed E-state index contributed by atoms with van der Waals surface area (Å²) in [7, 11) is 0. The molecule has 1 amide bonds. The molecule has 0 N–H and O–H groups in total. The number of halogens is 1. The fourth-order valence-corrected chi connectivity index (χ4v) is 2.77. The number of piperazine rings is 1. The van der Waals surface area contributed by atoms with E-state index < -0.39 is 0 Å². The molecule has 3 rings (SSSR count). The van der Waals surface area contributed by atoms with Crippen LogP contribution in [0.15, 0.2) is 54.6 Å². The molecule has 24 heavy (non-hydrogen) atoms. The van der Waals surface area contributed by atoms with Crippen LogP contribution in [0.5, 0.6) is 0 Å². The zero-order chi connectivity index (χ0) is 16.8. The van der Waals surface area contributed by atoms with Crippen LogP contribution in [0.2, 0.25) is 0 Å². The summed E-state index contributed by atoms with van der Waals surface area (Å²) in [6.07, 6.45) is -0.288. The minimum atomic E-state index is -0.288. The summed E-state index contributed by atoms with van der Waals surface area (Å²) in [4.78, 5) is 16.0. The lowest BCUT2D eigenvalue weighted by atomic mass is 10.2. The van der Waals surface area contributed by atoms with Crippen molar-refractivity contribution in [2.75, 3.05) is 26.2 Å². The van der Waals surface area contributed by atoms with Crippen LogP contribution in [0.1, 0.15) is 11.1 Å². The summed E-state index contributed by atoms with van der Waals surface area (Å²) in [5.74, 6) is -0.179. The first-order valence-corrected chi connectivity index (χ1v) is 8.14. The van der Waals surface area contributed by atoms with Gasteiger partial charge in [-0.05, 0) is 11.6 Å². The van der Waals surface area contributed by atoms with E-state index in [1.165, 1.54) is 6.07 Å². The number of rotatable bonds is 4. The van der Waals surface area contributed by atoms with Crippen LogP contribution >= 0.6 is 0 Å². The molecule has 126 valence electrons. The van der Waals surface area contributed by atoms with Gasteiger partial charge in [0, 0.05) is 38.3 Å². The molecule has 1 aliphatic rings. The van der Waals surface area contributed by atoms with Gasteiger partial charge in [0.05, 0.1) is 0 Å². The zero-order valence-corrected chi connectivity index (χ0v) is 13.5. The summed E-state index contributed by atoms with van der Waals surface area (Å²) >= 11 is 0. The molecule has 0 aromatic heterocycles. The standard InChI is InChI=1S/C19H21FN2O2/c20-18-9-5-4-8-17(18)14-21-10-12-22(13-11-21)19(23)24-15-16-6-2-1-3-7-16/h1-9H,10-15H2. The van der Waals surface area contributed by atoms with E-state index in [-0.39, 0.29) is 18.5 Å². The van der Waals surface area contributed by atoms with E-state index >= 15 is 0 Å². The van der Waals surface area contributed by atoms with E-state index in [1.807, 2.05) is 36.4 Å². The van der Waals surface area contributed by atoms with Crippen LogP contribution < -0.4 is 0 Å². The highest BCUT2D eigenvalue weighted by molar-refractivity contribution is 5.67. The van der Waals surface area contributed by atoms with E-state index in [0.717, 1.165) is 18.7 Å². The molecule has 0 atom stereocenters. The van der Waals surface area contributed by atoms with Gasteiger partial charge in [0.15, 0.2) is 0 Å². The Labute approximate surface area is 141 Å². The van der Waals surface area contributed by atoms with Crippen molar-refractivity contribution in [1.82, 2.24) is 9.80 Å². The van der Waals surface area contributed by atoms with Crippen LogP contribution in [-0.2, 0) is 17.9 Å². The van der Waals surface area contributed by atoms with E-state index in [0.29, 0.717) is 25.2 Å². The zero-order valence-electron chi connectivity index (χ0n) is 13.5. The summed E-state index contributed by atoms with van der Waals surface area (Å²) in [6.45, 7) is 3.49. The van der Waals surface area contributed by atoms with Crippen molar-refractivity contribution in [2.45, 2.75) is 13.2 Å². The van der Waals surface area contributed by atoms with Crippen LogP contribution in [0.4, 0.5) is 9.18 Å². The molecule has 0 spiro atoms. The Morgan fingerprint density at radius 1 is 0.958 bits per heavy atom. The fourth-order valence-electron chi connectivity index (χ4n) is 2.77. The summed E-state index contributed by atoms with van der Waals surface area (Å²) in [6, 6.07) is 16.5. The van der Waals surface area contributed by atoms with Gasteiger partial charge >= 0.3 is 6.09 Å². The second-order valence-electron chi connectivity index (χ2n) is 5.89. The first kappa shape index (κ1) is 16.5. The normalized spacial score (nSPS) is 15.3. The quantitative estimate of drug-likeness (QED) is 0.863. The first-order chi connectivity index (χ1) is 11.7. The van der Waals surface area contributed by atoms with Crippen LogP contribution in [0, 0.1) is 5.82 Å². The third-order valence-electron chi connectivity index (χ3n) is 4.19. The Morgan fingerprint density at radius 3 is 2.33 bits per heavy atom. The van der Waals surface area contributed by atoms with Gasteiger partial charge in [0.25, 0.3) is 0 Å². The maximum atomic E-state index is 13.7. The van der Waals surface area contributed by atoms with Crippen molar-refractivity contribution in [1.29, 1.82) is 0 Å². The van der Waals surface area contributed by atoms with Gasteiger partial charge < -0.3 is 9.64 Å². The molecule has 1 heterocycles. The molecule has 0 unspecified atom stereocenters. The lowest BCUT2D eigenvalue weighted by molar-refractivity contribution is 0.0698. The Hall–Kier alpha value is -2.40. The maximum Gasteiger partial charge on any atom is 0.410 e. The van der Waals surface area contributed by atoms with Gasteiger partial charge in [0.2, 0.25) is 0 Å². The number of amides is 1. The molecule has 1 saturated heterocycles. The van der Waals surface area contributed by atoms with Crippen molar-refractivity contribution in [3.05, 3.63) is 71.5 Å². The predicted octanol–water partition coefficient (Wildman–Crippen LogP) is 3.28. The first-order valence-electron chi connectivity index (χ1n) is 8.14. The lowest BCUT2D eigenvalue weighted by Crippen LogP contribution is -2.48. The van der Waals surface area contributed by atoms with Gasteiger partial charge in [-0.2, -0.15) is 0 Å². The second-order valence-corrected chi connectivity index (χ2v) is 5.89. The molecule has 5 heteroatoms. The molecule has 0 radical (unpaired) electrons. The van der Waals surface area contributed by atoms with Crippen LogP contribution in [0.25, 0.3) is 0 Å². The monoisotopic (exact) mass is 328 g/mol. The molecule has 2 aromatic carbocycles. The molecular formula is C19H21FN2O2. The predicted molar refractivity (Wildman–Crippen MR) is 89.9 cm³/mol. The van der Waals surface area contributed by atoms with Crippen molar-refractivity contribution in [3.8, 4) is 0 Å². The van der Waals surface area contributed by atoms with Gasteiger partial charge in [-0.1, -0.05) is 48.5 Å². The van der Waals surface area contributed by atoms with E-state index in [1.54, 1.807) is 17.0 Å². The smallest absolute Gasteiger partial charge is 0.410 e. The summed E-state index contributed by atoms with van der Waals surface area (Å²) in [5, 5.41) is 0. The fraction of sp³-hybridized carbons (Fsp3) is 0.316. The Morgan fingerprint density at radius 2 is 1.62 bits per heavy atom. The minimum Gasteiger partial charge on any atom is -0.445 e. The minimum absolute atomic E-state index is 0.179. The van der Waals surface area contributed by atoms with E-state index in [4.69, 9.17) is 4.74 Å². The Balaban J connectivity index is 1.44. The third-order valence-corrected chi connectivity index (χ3v) is 4.19. The van der Waals surface area contributed by atoms with E-state index in [2.05, 4.69) is 4.90 Å². The van der Waals surface area contributed by atoms with Gasteiger partial charge in [-0.3, -0.25) is 4.90 Å². The van der Waals surface area contributed by atoms with Crippen LogP contribution in [0.3, 0.4) is 0 Å². The van der Waals surface area contributed by atoms with Crippen molar-refractivity contribution in [2.24, 2.45) is 0 Å². The highest BCUT2D eigenvalue weighted by Gasteiger charge is 2.22. The number of nitrogens with zero attached hydrogens (tertiary/aromatic N) is 2. The average Bonchev–Trinajstić information content (AvgIpc) is 2.63. The highest BCUT2D eigenvalue weighted by atomic mass is 19.1. The van der Waals surface area contributed by atoms with Gasteiger partial charge in [0.1, 0.15) is 12.4 Å². The third kappa shape index (κ3) is 4.32. The number of benzene rings is 2. The topological polar surface area (TPSA) is 32.8 Å². The lowest BCUT2D eigenvalue weighted by Gasteiger charge is -2.34. The molecule has 2 aromatic rings. The maximum absolute atomic E-state index is 13.7. The van der Waals surface area contributed by atoms with E-state index in [9.17, 15) is 9.18 Å². The van der Waals surface area contributed by atoms with Gasteiger partial charge in [-0.25, -0.2) is 9.18 Å². The van der Waals surface area contributed by atoms with Gasteiger partial charge in [-0.15, -0.1) is 0 Å². The molecule has 0 bridgehead atoms. The largest absolute Gasteiger partial charge is 0.445 e. The molecule has 4 nitrogen and oxygen atoms in total. The molecule has 0 aliphatic carbocycles. The number of ether oxygens (including phenoxy) is 1. The van der Waals surface area contributed by atoms with Crippen molar-refractivity contribution < 1.29 is 13.9 Å². The Kier molecular flexibility index (Phi) is 5.43. The number of carbonyl (C=O) groups is 1. The van der Waals surface area contributed by atoms with Crippen molar-refractivity contribution >= 4 is 6.09 Å². The average molecular weight is 328 g/mol. The molecule has 1 aliphatic heterocycles. The Bertz CT molecular complexity index is 670.